The first-order chi connectivity index (χ1) is 22.7. The number of benzene rings is 2. The van der Waals surface area contributed by atoms with E-state index >= 15 is 4.39 Å². The second-order valence-electron chi connectivity index (χ2n) is 14.1. The van der Waals surface area contributed by atoms with Crippen LogP contribution in [0.4, 0.5) is 19.0 Å². The molecule has 8 rings (SSSR count). The monoisotopic (exact) mass is 640 g/mol. The minimum absolute atomic E-state index is 0.00479. The molecule has 244 valence electrons. The van der Waals surface area contributed by atoms with Crippen molar-refractivity contribution >= 4 is 27.5 Å². The highest BCUT2D eigenvalue weighted by Gasteiger charge is 2.49. The normalized spacial score (nSPS) is 25.3. The summed E-state index contributed by atoms with van der Waals surface area (Å²) in [6.45, 7) is 5.87. The molecule has 2 aromatic carbocycles. The molecule has 0 radical (unpaired) electrons. The highest BCUT2D eigenvalue weighted by molar-refractivity contribution is 6.02. The van der Waals surface area contributed by atoms with Gasteiger partial charge in [-0.2, -0.15) is 9.97 Å². The van der Waals surface area contributed by atoms with E-state index in [9.17, 15) is 8.78 Å². The number of pyridine rings is 1. The predicted molar refractivity (Wildman–Crippen MR) is 177 cm³/mol. The van der Waals surface area contributed by atoms with Gasteiger partial charge in [-0.1, -0.05) is 37.1 Å². The lowest BCUT2D eigenvalue weighted by Crippen LogP contribution is -2.48. The standard InChI is InChI=1S/C37H39F3N6O/c1-4-23-25(39)11-10-21-8-6-9-24(29(21)23)32-31(40)33-30-28(41-32)13-12-27(26(5-2)45-36(3)15-16-36)42-34(30)44-35(43-33)47-20-37-14-7-17-46(37)19-22(38)18-37/h1,6,8-11,22,26-27,45H,5,7,12-20H2,2-3H3,(H,42,43,44)/t22-,26+,27-,37+/m1/s1. The van der Waals surface area contributed by atoms with Gasteiger partial charge in [-0.3, -0.25) is 4.90 Å². The van der Waals surface area contributed by atoms with Crippen molar-refractivity contribution in [3.63, 3.8) is 0 Å². The molecule has 5 heterocycles. The first kappa shape index (κ1) is 30.4. The Morgan fingerprint density at radius 2 is 2.00 bits per heavy atom. The van der Waals surface area contributed by atoms with E-state index < -0.39 is 23.3 Å². The molecule has 2 saturated heterocycles. The van der Waals surface area contributed by atoms with Crippen molar-refractivity contribution in [2.45, 2.75) is 94.5 Å². The molecule has 2 aromatic heterocycles. The molecular formula is C37H39F3N6O. The molecule has 1 aliphatic carbocycles. The molecule has 4 aliphatic rings. The van der Waals surface area contributed by atoms with E-state index in [1.807, 2.05) is 6.07 Å². The Balaban J connectivity index is 1.27. The fourth-order valence-electron chi connectivity index (χ4n) is 8.20. The smallest absolute Gasteiger partial charge is 0.319 e. The average molecular weight is 641 g/mol. The van der Waals surface area contributed by atoms with Crippen molar-refractivity contribution in [2.24, 2.45) is 0 Å². The molecule has 47 heavy (non-hydrogen) atoms. The molecule has 7 nitrogen and oxygen atoms in total. The summed E-state index contributed by atoms with van der Waals surface area (Å²) in [6, 6.07) is 8.48. The molecule has 0 amide bonds. The van der Waals surface area contributed by atoms with E-state index in [2.05, 4.69) is 40.3 Å². The first-order valence-corrected chi connectivity index (χ1v) is 16.9. The summed E-state index contributed by atoms with van der Waals surface area (Å²) in [5, 5.41) is 9.11. The SMILES string of the molecule is C#Cc1c(F)ccc2cccc(-c3nc4c5c(nc(OC[C@@]67CCCN6C[C@H](F)C7)nc5c3F)N[C@@H]([C@H](CC)NC3(C)CC3)CC4)c12. The number of nitrogens with one attached hydrogen (secondary N) is 2. The predicted octanol–water partition coefficient (Wildman–Crippen LogP) is 6.71. The van der Waals surface area contributed by atoms with Crippen molar-refractivity contribution in [1.82, 2.24) is 25.2 Å². The summed E-state index contributed by atoms with van der Waals surface area (Å²) in [6.07, 6.45) is 11.5. The van der Waals surface area contributed by atoms with E-state index in [-0.39, 0.29) is 47.0 Å². The number of halogens is 3. The maximum Gasteiger partial charge on any atom is 0.319 e. The number of ether oxygens (including phenoxy) is 1. The molecule has 10 heteroatoms. The largest absolute Gasteiger partial charge is 0.461 e. The van der Waals surface area contributed by atoms with E-state index in [1.54, 1.807) is 18.2 Å². The van der Waals surface area contributed by atoms with Gasteiger partial charge in [0.2, 0.25) is 0 Å². The van der Waals surface area contributed by atoms with Crippen LogP contribution in [0.25, 0.3) is 32.9 Å². The van der Waals surface area contributed by atoms with Crippen LogP contribution in [0.2, 0.25) is 0 Å². The zero-order valence-electron chi connectivity index (χ0n) is 26.8. The number of terminal acetylenes is 1. The lowest BCUT2D eigenvalue weighted by Gasteiger charge is -2.31. The number of rotatable bonds is 8. The Morgan fingerprint density at radius 3 is 2.79 bits per heavy atom. The number of fused-ring (bicyclic) bond motifs is 2. The summed E-state index contributed by atoms with van der Waals surface area (Å²) < 4.78 is 52.7. The quantitative estimate of drug-likeness (QED) is 0.208. The van der Waals surface area contributed by atoms with Gasteiger partial charge in [0.15, 0.2) is 5.82 Å². The van der Waals surface area contributed by atoms with Crippen molar-refractivity contribution in [3.05, 3.63) is 53.2 Å². The van der Waals surface area contributed by atoms with Crippen LogP contribution in [0.15, 0.2) is 30.3 Å². The second kappa shape index (κ2) is 11.3. The molecule has 2 N–H and O–H groups in total. The number of hydrogen-bond donors (Lipinski definition) is 2. The van der Waals surface area contributed by atoms with Crippen LogP contribution in [-0.4, -0.2) is 68.9 Å². The van der Waals surface area contributed by atoms with Crippen LogP contribution in [-0.2, 0) is 6.42 Å². The van der Waals surface area contributed by atoms with Gasteiger partial charge < -0.3 is 15.4 Å². The Bertz CT molecular complexity index is 1940. The van der Waals surface area contributed by atoms with Crippen molar-refractivity contribution < 1.29 is 17.9 Å². The second-order valence-corrected chi connectivity index (χ2v) is 14.1. The average Bonchev–Trinajstić information content (AvgIpc) is 3.61. The van der Waals surface area contributed by atoms with Crippen LogP contribution in [0.1, 0.15) is 70.1 Å². The molecule has 3 fully saturated rings. The Hall–Kier alpha value is -3.94. The molecule has 0 unspecified atom stereocenters. The van der Waals surface area contributed by atoms with E-state index in [0.29, 0.717) is 52.6 Å². The first-order valence-electron chi connectivity index (χ1n) is 16.9. The van der Waals surface area contributed by atoms with E-state index in [0.717, 1.165) is 45.1 Å². The number of hydrogen-bond acceptors (Lipinski definition) is 7. The van der Waals surface area contributed by atoms with Gasteiger partial charge in [0.1, 0.15) is 35.6 Å². The van der Waals surface area contributed by atoms with Crippen LogP contribution in [0.5, 0.6) is 6.01 Å². The van der Waals surface area contributed by atoms with Crippen LogP contribution >= 0.6 is 0 Å². The van der Waals surface area contributed by atoms with Crippen LogP contribution in [0.3, 0.4) is 0 Å². The maximum atomic E-state index is 17.0. The molecule has 3 aliphatic heterocycles. The summed E-state index contributed by atoms with van der Waals surface area (Å²) in [5.41, 5.74) is 0.970. The van der Waals surface area contributed by atoms with Gasteiger partial charge in [0.25, 0.3) is 0 Å². The minimum Gasteiger partial charge on any atom is -0.461 e. The van der Waals surface area contributed by atoms with E-state index in [4.69, 9.17) is 21.1 Å². The van der Waals surface area contributed by atoms with Gasteiger partial charge in [0, 0.05) is 41.5 Å². The highest BCUT2D eigenvalue weighted by atomic mass is 19.1. The van der Waals surface area contributed by atoms with E-state index in [1.165, 1.54) is 6.07 Å². The third-order valence-corrected chi connectivity index (χ3v) is 10.9. The third-order valence-electron chi connectivity index (χ3n) is 10.9. The lowest BCUT2D eigenvalue weighted by molar-refractivity contribution is 0.107. The van der Waals surface area contributed by atoms with Crippen LogP contribution in [0, 0.1) is 24.0 Å². The molecule has 0 bridgehead atoms. The van der Waals surface area contributed by atoms with Crippen LogP contribution < -0.4 is 15.4 Å². The van der Waals surface area contributed by atoms with Gasteiger partial charge in [0.05, 0.1) is 22.2 Å². The van der Waals surface area contributed by atoms with Crippen molar-refractivity contribution in [2.75, 3.05) is 25.0 Å². The summed E-state index contributed by atoms with van der Waals surface area (Å²) in [5.74, 6) is 1.74. The van der Waals surface area contributed by atoms with Gasteiger partial charge in [-0.05, 0) is 69.9 Å². The molecule has 4 atom stereocenters. The Labute approximate surface area is 272 Å². The third kappa shape index (κ3) is 5.19. The Kier molecular flexibility index (Phi) is 7.34. The molecule has 0 spiro atoms. The molecule has 4 aromatic rings. The van der Waals surface area contributed by atoms with Crippen molar-refractivity contribution in [1.29, 1.82) is 0 Å². The zero-order valence-corrected chi connectivity index (χ0v) is 26.8. The topological polar surface area (TPSA) is 75.2 Å². The minimum atomic E-state index is -0.901. The number of anilines is 1. The fourth-order valence-corrected chi connectivity index (χ4v) is 8.20. The summed E-state index contributed by atoms with van der Waals surface area (Å²) in [4.78, 5) is 16.6. The molecule has 1 saturated carbocycles. The lowest BCUT2D eigenvalue weighted by atomic mass is 9.95. The fraction of sp³-hybridized carbons (Fsp3) is 0.486. The number of aromatic nitrogens is 3. The van der Waals surface area contributed by atoms with Gasteiger partial charge in [-0.25, -0.2) is 18.2 Å². The highest BCUT2D eigenvalue weighted by Crippen LogP contribution is 2.42. The molecular weight excluding hydrogens is 601 g/mol. The Morgan fingerprint density at radius 1 is 1.15 bits per heavy atom. The number of alkyl halides is 1. The van der Waals surface area contributed by atoms with Crippen molar-refractivity contribution in [3.8, 4) is 29.6 Å². The zero-order chi connectivity index (χ0) is 32.5. The number of aryl methyl sites for hydroxylation is 1. The summed E-state index contributed by atoms with van der Waals surface area (Å²) in [7, 11) is 0. The maximum absolute atomic E-state index is 17.0. The summed E-state index contributed by atoms with van der Waals surface area (Å²) >= 11 is 0. The van der Waals surface area contributed by atoms with Gasteiger partial charge in [-0.15, -0.1) is 6.42 Å². The number of nitrogens with zero attached hydrogens (tertiary/aromatic N) is 4. The van der Waals surface area contributed by atoms with Gasteiger partial charge >= 0.3 is 6.01 Å².